The van der Waals surface area contributed by atoms with Crippen LogP contribution in [0.4, 0.5) is 0 Å². The molecule has 0 unspecified atom stereocenters. The van der Waals surface area contributed by atoms with E-state index in [1.165, 1.54) is 13.3 Å². The molecule has 2 heterocycles. The average Bonchev–Trinajstić information content (AvgIpc) is 2.48. The van der Waals surface area contributed by atoms with Gasteiger partial charge in [-0.3, -0.25) is 4.79 Å². The molecule has 7 heteroatoms. The fourth-order valence-electron chi connectivity index (χ4n) is 1.55. The van der Waals surface area contributed by atoms with Crippen LogP contribution in [0.5, 0.6) is 5.88 Å². The van der Waals surface area contributed by atoms with Gasteiger partial charge in [0, 0.05) is 24.0 Å². The third-order valence-corrected chi connectivity index (χ3v) is 2.49. The molecule has 7 nitrogen and oxygen atoms in total. The Morgan fingerprint density at radius 3 is 2.80 bits per heavy atom. The second-order valence-electron chi connectivity index (χ2n) is 3.77. The van der Waals surface area contributed by atoms with Crippen LogP contribution in [0, 0.1) is 0 Å². The maximum absolute atomic E-state index is 11.5. The van der Waals surface area contributed by atoms with Gasteiger partial charge in [-0.15, -0.1) is 0 Å². The summed E-state index contributed by atoms with van der Waals surface area (Å²) in [7, 11) is 1.19. The van der Waals surface area contributed by atoms with Gasteiger partial charge in [-0.2, -0.15) is 0 Å². The van der Waals surface area contributed by atoms with Gasteiger partial charge >= 0.3 is 5.97 Å². The Kier molecular flexibility index (Phi) is 4.09. The van der Waals surface area contributed by atoms with Crippen LogP contribution in [0.1, 0.15) is 17.4 Å². The number of methoxy groups -OCH3 is 1. The Hall–Kier alpha value is -2.70. The molecular formula is C13H13N3O4. The van der Waals surface area contributed by atoms with Crippen LogP contribution in [0.15, 0.2) is 29.3 Å². The van der Waals surface area contributed by atoms with Crippen LogP contribution < -0.4 is 10.3 Å². The molecule has 0 amide bonds. The van der Waals surface area contributed by atoms with Gasteiger partial charge < -0.3 is 14.5 Å². The van der Waals surface area contributed by atoms with E-state index in [4.69, 9.17) is 4.74 Å². The second kappa shape index (κ2) is 5.96. The molecular weight excluding hydrogens is 262 g/mol. The van der Waals surface area contributed by atoms with E-state index in [0.29, 0.717) is 23.7 Å². The van der Waals surface area contributed by atoms with E-state index in [9.17, 15) is 9.59 Å². The van der Waals surface area contributed by atoms with Crippen LogP contribution in [-0.4, -0.2) is 34.6 Å². The largest absolute Gasteiger partial charge is 0.478 e. The Morgan fingerprint density at radius 1 is 1.40 bits per heavy atom. The van der Waals surface area contributed by atoms with Crippen molar-refractivity contribution >= 4 is 5.97 Å². The molecule has 0 aliphatic heterocycles. The lowest BCUT2D eigenvalue weighted by Gasteiger charge is -2.04. The summed E-state index contributed by atoms with van der Waals surface area (Å²) in [6, 6.07) is 3.42. The molecule has 2 aromatic heterocycles. The Bertz CT molecular complexity index is 664. The first kappa shape index (κ1) is 13.7. The predicted octanol–water partition coefficient (Wildman–Crippen LogP) is 1.02. The zero-order valence-electron chi connectivity index (χ0n) is 11.0. The molecule has 20 heavy (non-hydrogen) atoms. The highest BCUT2D eigenvalue weighted by molar-refractivity contribution is 5.87. The summed E-state index contributed by atoms with van der Waals surface area (Å²) < 4.78 is 9.73. The van der Waals surface area contributed by atoms with Crippen molar-refractivity contribution in [2.24, 2.45) is 0 Å². The van der Waals surface area contributed by atoms with E-state index in [-0.39, 0.29) is 5.69 Å². The summed E-state index contributed by atoms with van der Waals surface area (Å²) >= 11 is 0. The van der Waals surface area contributed by atoms with Gasteiger partial charge in [0.05, 0.1) is 19.4 Å². The van der Waals surface area contributed by atoms with Gasteiger partial charge in [0.15, 0.2) is 0 Å². The number of aromatic amines is 1. The van der Waals surface area contributed by atoms with Gasteiger partial charge in [0.25, 0.3) is 5.56 Å². The van der Waals surface area contributed by atoms with Crippen LogP contribution >= 0.6 is 0 Å². The number of carbonyl (C=O) groups excluding carboxylic acids is 1. The number of hydrogen-bond donors (Lipinski definition) is 1. The first-order chi connectivity index (χ1) is 9.65. The van der Waals surface area contributed by atoms with Crippen molar-refractivity contribution < 1.29 is 14.3 Å². The monoisotopic (exact) mass is 275 g/mol. The maximum atomic E-state index is 11.5. The number of nitrogens with zero attached hydrogens (tertiary/aromatic N) is 2. The number of esters is 1. The standard InChI is InChI=1S/C13H13N3O4/c1-3-20-10-5-4-8(6-14-10)9-7-15-12(17)11(16-9)13(18)19-2/h4-7H,3H2,1-2H3,(H,15,17). The third-order valence-electron chi connectivity index (χ3n) is 2.49. The zero-order valence-corrected chi connectivity index (χ0v) is 11.0. The van der Waals surface area contributed by atoms with E-state index in [1.807, 2.05) is 6.92 Å². The lowest BCUT2D eigenvalue weighted by Crippen LogP contribution is -2.21. The molecule has 2 aromatic rings. The summed E-state index contributed by atoms with van der Waals surface area (Å²) in [5, 5.41) is 0. The summed E-state index contributed by atoms with van der Waals surface area (Å²) in [6.07, 6.45) is 2.96. The fraction of sp³-hybridized carbons (Fsp3) is 0.231. The van der Waals surface area contributed by atoms with Crippen molar-refractivity contribution in [3.05, 3.63) is 40.6 Å². The summed E-state index contributed by atoms with van der Waals surface area (Å²) in [5.41, 5.74) is 0.175. The van der Waals surface area contributed by atoms with Crippen molar-refractivity contribution in [1.82, 2.24) is 15.0 Å². The number of rotatable bonds is 4. The number of aromatic nitrogens is 3. The summed E-state index contributed by atoms with van der Waals surface area (Å²) in [6.45, 7) is 2.39. The van der Waals surface area contributed by atoms with Crippen molar-refractivity contribution in [2.75, 3.05) is 13.7 Å². The topological polar surface area (TPSA) is 94.2 Å². The van der Waals surface area contributed by atoms with E-state index < -0.39 is 11.5 Å². The minimum Gasteiger partial charge on any atom is -0.478 e. The number of H-pyrrole nitrogens is 1. The molecule has 0 spiro atoms. The minimum atomic E-state index is -0.785. The van der Waals surface area contributed by atoms with Crippen LogP contribution in [0.25, 0.3) is 11.3 Å². The first-order valence-corrected chi connectivity index (χ1v) is 5.93. The summed E-state index contributed by atoms with van der Waals surface area (Å²) in [5.74, 6) is -0.291. The number of ether oxygens (including phenoxy) is 2. The zero-order chi connectivity index (χ0) is 14.5. The number of hydrogen-bond acceptors (Lipinski definition) is 6. The normalized spacial score (nSPS) is 10.1. The van der Waals surface area contributed by atoms with E-state index in [2.05, 4.69) is 19.7 Å². The second-order valence-corrected chi connectivity index (χ2v) is 3.77. The molecule has 0 saturated heterocycles. The molecule has 0 fully saturated rings. The lowest BCUT2D eigenvalue weighted by molar-refractivity contribution is 0.0592. The van der Waals surface area contributed by atoms with Crippen molar-refractivity contribution in [2.45, 2.75) is 6.92 Å². The Labute approximate surface area is 114 Å². The molecule has 0 aromatic carbocycles. The van der Waals surface area contributed by atoms with Gasteiger partial charge in [-0.05, 0) is 13.0 Å². The Morgan fingerprint density at radius 2 is 2.20 bits per heavy atom. The predicted molar refractivity (Wildman–Crippen MR) is 70.6 cm³/mol. The SMILES string of the molecule is CCOc1ccc(-c2c[nH]c(=O)c(C(=O)OC)n2)cn1. The smallest absolute Gasteiger partial charge is 0.362 e. The van der Waals surface area contributed by atoms with Crippen LogP contribution in [-0.2, 0) is 4.74 Å². The lowest BCUT2D eigenvalue weighted by atomic mass is 10.2. The van der Waals surface area contributed by atoms with Gasteiger partial charge in [-0.1, -0.05) is 0 Å². The molecule has 0 atom stereocenters. The Balaban J connectivity index is 2.37. The highest BCUT2D eigenvalue weighted by Crippen LogP contribution is 2.17. The minimum absolute atomic E-state index is 0.293. The van der Waals surface area contributed by atoms with E-state index >= 15 is 0 Å². The maximum Gasteiger partial charge on any atom is 0.362 e. The molecule has 2 rings (SSSR count). The molecule has 0 saturated carbocycles. The van der Waals surface area contributed by atoms with E-state index in [1.54, 1.807) is 18.3 Å². The number of carbonyl (C=O) groups is 1. The molecule has 0 radical (unpaired) electrons. The molecule has 0 aliphatic rings. The van der Waals surface area contributed by atoms with Crippen molar-refractivity contribution in [3.8, 4) is 17.1 Å². The van der Waals surface area contributed by atoms with Gasteiger partial charge in [0.1, 0.15) is 0 Å². The highest BCUT2D eigenvalue weighted by atomic mass is 16.5. The first-order valence-electron chi connectivity index (χ1n) is 5.93. The summed E-state index contributed by atoms with van der Waals surface area (Å²) in [4.78, 5) is 33.4. The molecule has 0 aliphatic carbocycles. The van der Waals surface area contributed by atoms with Crippen molar-refractivity contribution in [3.63, 3.8) is 0 Å². The molecule has 0 bridgehead atoms. The van der Waals surface area contributed by atoms with Crippen LogP contribution in [0.3, 0.4) is 0 Å². The van der Waals surface area contributed by atoms with Crippen molar-refractivity contribution in [1.29, 1.82) is 0 Å². The third kappa shape index (κ3) is 2.82. The van der Waals surface area contributed by atoms with Gasteiger partial charge in [-0.25, -0.2) is 14.8 Å². The van der Waals surface area contributed by atoms with E-state index in [0.717, 1.165) is 0 Å². The highest BCUT2D eigenvalue weighted by Gasteiger charge is 2.14. The fourth-order valence-corrected chi connectivity index (χ4v) is 1.55. The molecule has 104 valence electrons. The number of pyridine rings is 1. The van der Waals surface area contributed by atoms with Gasteiger partial charge in [0.2, 0.25) is 11.6 Å². The number of nitrogens with one attached hydrogen (secondary N) is 1. The average molecular weight is 275 g/mol. The quantitative estimate of drug-likeness (QED) is 0.837. The molecule has 1 N–H and O–H groups in total. The van der Waals surface area contributed by atoms with Crippen LogP contribution in [0.2, 0.25) is 0 Å².